The molecule has 3 unspecified atom stereocenters. The Hall–Kier alpha value is -6.18. The summed E-state index contributed by atoms with van der Waals surface area (Å²) in [5, 5.41) is 2.48. The first-order chi connectivity index (χ1) is 28.9. The van der Waals surface area contributed by atoms with E-state index in [1.165, 1.54) is 103 Å². The molecule has 3 aliphatic carbocycles. The van der Waals surface area contributed by atoms with Crippen LogP contribution < -0.4 is 4.90 Å². The highest BCUT2D eigenvalue weighted by Gasteiger charge is 2.46. The van der Waals surface area contributed by atoms with Crippen LogP contribution in [0.4, 0.5) is 17.1 Å². The summed E-state index contributed by atoms with van der Waals surface area (Å²) in [6.07, 6.45) is 5.56. The molecule has 0 radical (unpaired) electrons. The molecule has 288 valence electrons. The Morgan fingerprint density at radius 1 is 0.475 bits per heavy atom. The van der Waals surface area contributed by atoms with Crippen LogP contribution in [0.2, 0.25) is 0 Å². The van der Waals surface area contributed by atoms with Gasteiger partial charge in [0.2, 0.25) is 0 Å². The number of rotatable bonds is 7. The molecule has 8 aromatic rings. The number of nitrogens with zero attached hydrogens (tertiary/aromatic N) is 1. The van der Waals surface area contributed by atoms with E-state index in [1.54, 1.807) is 0 Å². The van der Waals surface area contributed by atoms with Crippen molar-refractivity contribution in [3.63, 3.8) is 0 Å². The molecule has 2 fully saturated rings. The zero-order chi connectivity index (χ0) is 39.7. The lowest BCUT2D eigenvalue weighted by Gasteiger charge is -2.35. The SMILES string of the molecule is CC(C)(C)c1ccccc1-c1cc2ccccc2cc1N(c1ccc(C2CC3CCC2C3)cc1)c1ccc2c(c1)C(c1ccccc1)(c1ccccc1)c1ccccc1-2. The second-order valence-corrected chi connectivity index (χ2v) is 18.5. The van der Waals surface area contributed by atoms with Gasteiger partial charge in [0.25, 0.3) is 0 Å². The minimum Gasteiger partial charge on any atom is -0.310 e. The third-order valence-electron chi connectivity index (χ3n) is 14.1. The van der Waals surface area contributed by atoms with Crippen LogP contribution in [0.25, 0.3) is 33.0 Å². The molecule has 2 saturated carbocycles. The highest BCUT2D eigenvalue weighted by atomic mass is 15.1. The Morgan fingerprint density at radius 2 is 1.07 bits per heavy atom. The number of hydrogen-bond donors (Lipinski definition) is 0. The highest BCUT2D eigenvalue weighted by Crippen LogP contribution is 2.58. The van der Waals surface area contributed by atoms with E-state index in [1.807, 2.05) is 0 Å². The molecule has 0 amide bonds. The molecule has 3 atom stereocenters. The first-order valence-electron chi connectivity index (χ1n) is 21.8. The Labute approximate surface area is 350 Å². The monoisotopic (exact) mass is 761 g/mol. The van der Waals surface area contributed by atoms with Gasteiger partial charge in [-0.15, -0.1) is 0 Å². The van der Waals surface area contributed by atoms with Crippen molar-refractivity contribution < 1.29 is 0 Å². The molecule has 1 nitrogen and oxygen atoms in total. The van der Waals surface area contributed by atoms with Gasteiger partial charge in [0.1, 0.15) is 0 Å². The molecule has 0 N–H and O–H groups in total. The largest absolute Gasteiger partial charge is 0.310 e. The average Bonchev–Trinajstić information content (AvgIpc) is 4.00. The predicted molar refractivity (Wildman–Crippen MR) is 248 cm³/mol. The third kappa shape index (κ3) is 5.81. The molecule has 8 aromatic carbocycles. The summed E-state index contributed by atoms with van der Waals surface area (Å²) in [6.45, 7) is 7.01. The minimum absolute atomic E-state index is 0.0447. The summed E-state index contributed by atoms with van der Waals surface area (Å²) in [7, 11) is 0. The molecular weight excluding hydrogens is 711 g/mol. The predicted octanol–water partition coefficient (Wildman–Crippen LogP) is 15.5. The second-order valence-electron chi connectivity index (χ2n) is 18.5. The second kappa shape index (κ2) is 14.0. The van der Waals surface area contributed by atoms with Gasteiger partial charge >= 0.3 is 0 Å². The van der Waals surface area contributed by atoms with E-state index in [0.29, 0.717) is 5.92 Å². The summed E-state index contributed by atoms with van der Waals surface area (Å²) >= 11 is 0. The number of anilines is 3. The normalized spacial score (nSPS) is 18.8. The van der Waals surface area contributed by atoms with Crippen molar-refractivity contribution in [1.82, 2.24) is 0 Å². The molecule has 0 aliphatic heterocycles. The smallest absolute Gasteiger partial charge is 0.0714 e. The van der Waals surface area contributed by atoms with E-state index in [-0.39, 0.29) is 5.41 Å². The summed E-state index contributed by atoms with van der Waals surface area (Å²) in [5.74, 6) is 2.43. The Kier molecular flexibility index (Phi) is 8.52. The average molecular weight is 762 g/mol. The van der Waals surface area contributed by atoms with Gasteiger partial charge in [-0.25, -0.2) is 0 Å². The van der Waals surface area contributed by atoms with E-state index in [4.69, 9.17) is 0 Å². The van der Waals surface area contributed by atoms with Gasteiger partial charge in [-0.3, -0.25) is 0 Å². The molecule has 1 heteroatoms. The standard InChI is InChI=1S/C58H51N/c1-57(2,3)53-24-14-12-23-49(53)52-36-41-16-10-11-17-42(41)37-56(52)59(46-30-28-40(29-31-46)51-35-39-26-27-43(51)34-39)47-32-33-50-48-22-13-15-25-54(48)58(55(50)38-47,44-18-6-4-7-19-44)45-20-8-5-9-21-45/h4-25,28-33,36-39,43,51H,26-27,34-35H2,1-3H3. The molecule has 11 rings (SSSR count). The third-order valence-corrected chi connectivity index (χ3v) is 14.1. The van der Waals surface area contributed by atoms with Crippen molar-refractivity contribution in [2.75, 3.05) is 4.90 Å². The molecular formula is C58H51N. The lowest BCUT2D eigenvalue weighted by Crippen LogP contribution is -2.28. The van der Waals surface area contributed by atoms with Crippen LogP contribution in [-0.2, 0) is 10.8 Å². The fourth-order valence-corrected chi connectivity index (χ4v) is 11.5. The summed E-state index contributed by atoms with van der Waals surface area (Å²) in [5.41, 5.74) is 16.2. The van der Waals surface area contributed by atoms with Gasteiger partial charge in [0.05, 0.1) is 11.1 Å². The van der Waals surface area contributed by atoms with Crippen molar-refractivity contribution >= 4 is 27.8 Å². The van der Waals surface area contributed by atoms with E-state index < -0.39 is 5.41 Å². The van der Waals surface area contributed by atoms with Crippen LogP contribution in [0.15, 0.2) is 188 Å². The first-order valence-corrected chi connectivity index (χ1v) is 21.8. The van der Waals surface area contributed by atoms with Crippen LogP contribution in [-0.4, -0.2) is 0 Å². The van der Waals surface area contributed by atoms with E-state index in [2.05, 4.69) is 214 Å². The van der Waals surface area contributed by atoms with E-state index in [0.717, 1.165) is 17.5 Å². The maximum atomic E-state index is 2.57. The van der Waals surface area contributed by atoms with Crippen LogP contribution in [0.1, 0.15) is 85.8 Å². The van der Waals surface area contributed by atoms with Gasteiger partial charge in [-0.05, 0) is 140 Å². The highest BCUT2D eigenvalue weighted by molar-refractivity contribution is 5.99. The fourth-order valence-electron chi connectivity index (χ4n) is 11.5. The van der Waals surface area contributed by atoms with Crippen LogP contribution in [0.5, 0.6) is 0 Å². The van der Waals surface area contributed by atoms with Crippen molar-refractivity contribution in [1.29, 1.82) is 0 Å². The minimum atomic E-state index is -0.493. The fraction of sp³-hybridized carbons (Fsp3) is 0.207. The number of fused-ring (bicyclic) bond motifs is 6. The molecule has 0 spiro atoms. The molecule has 0 saturated heterocycles. The Bertz CT molecular complexity index is 2790. The first kappa shape index (κ1) is 35.9. The van der Waals surface area contributed by atoms with Crippen molar-refractivity contribution in [2.24, 2.45) is 11.8 Å². The zero-order valence-electron chi connectivity index (χ0n) is 34.4. The van der Waals surface area contributed by atoms with E-state index in [9.17, 15) is 0 Å². The van der Waals surface area contributed by atoms with Crippen molar-refractivity contribution in [3.05, 3.63) is 221 Å². The van der Waals surface area contributed by atoms with Gasteiger partial charge in [-0.1, -0.05) is 179 Å². The molecule has 0 aromatic heterocycles. The van der Waals surface area contributed by atoms with E-state index >= 15 is 0 Å². The lowest BCUT2D eigenvalue weighted by atomic mass is 9.67. The van der Waals surface area contributed by atoms with Gasteiger partial charge in [0.15, 0.2) is 0 Å². The summed E-state index contributed by atoms with van der Waals surface area (Å²) in [4.78, 5) is 2.57. The number of benzene rings is 8. The molecule has 0 heterocycles. The van der Waals surface area contributed by atoms with Crippen molar-refractivity contribution in [3.8, 4) is 22.3 Å². The maximum Gasteiger partial charge on any atom is 0.0714 e. The topological polar surface area (TPSA) is 3.24 Å². The molecule has 2 bridgehead atoms. The van der Waals surface area contributed by atoms with Gasteiger partial charge in [-0.2, -0.15) is 0 Å². The zero-order valence-corrected chi connectivity index (χ0v) is 34.4. The molecule has 3 aliphatic rings. The Balaban J connectivity index is 1.19. The number of hydrogen-bond acceptors (Lipinski definition) is 1. The summed E-state index contributed by atoms with van der Waals surface area (Å²) in [6, 6.07) is 71.3. The van der Waals surface area contributed by atoms with Crippen LogP contribution in [0.3, 0.4) is 0 Å². The van der Waals surface area contributed by atoms with Gasteiger partial charge < -0.3 is 4.90 Å². The quantitative estimate of drug-likeness (QED) is 0.156. The maximum absolute atomic E-state index is 2.57. The van der Waals surface area contributed by atoms with Crippen molar-refractivity contribution in [2.45, 2.75) is 63.2 Å². The molecule has 59 heavy (non-hydrogen) atoms. The summed E-state index contributed by atoms with van der Waals surface area (Å²) < 4.78 is 0. The van der Waals surface area contributed by atoms with Crippen LogP contribution in [0, 0.1) is 11.8 Å². The van der Waals surface area contributed by atoms with Gasteiger partial charge in [0, 0.05) is 16.9 Å². The lowest BCUT2D eigenvalue weighted by molar-refractivity contribution is 0.420. The van der Waals surface area contributed by atoms with Crippen LogP contribution >= 0.6 is 0 Å². The Morgan fingerprint density at radius 3 is 1.73 bits per heavy atom.